The zero-order valence-corrected chi connectivity index (χ0v) is 12.8. The van der Waals surface area contributed by atoms with Crippen LogP contribution in [0.2, 0.25) is 0 Å². The van der Waals surface area contributed by atoms with Crippen LogP contribution in [0.4, 0.5) is 0 Å². The predicted octanol–water partition coefficient (Wildman–Crippen LogP) is 3.28. The lowest BCUT2D eigenvalue weighted by atomic mass is 9.92. The van der Waals surface area contributed by atoms with E-state index in [0.29, 0.717) is 12.2 Å². The first-order valence-electron chi connectivity index (χ1n) is 7.87. The second-order valence-electron chi connectivity index (χ2n) is 5.75. The van der Waals surface area contributed by atoms with Crippen LogP contribution in [0.15, 0.2) is 24.3 Å². The predicted molar refractivity (Wildman–Crippen MR) is 83.0 cm³/mol. The van der Waals surface area contributed by atoms with Crippen LogP contribution in [0.3, 0.4) is 0 Å². The van der Waals surface area contributed by atoms with E-state index >= 15 is 0 Å². The highest BCUT2D eigenvalue weighted by Crippen LogP contribution is 2.21. The summed E-state index contributed by atoms with van der Waals surface area (Å²) in [6.07, 6.45) is 5.27. The molecule has 116 valence electrons. The van der Waals surface area contributed by atoms with Crippen molar-refractivity contribution < 1.29 is 14.6 Å². The highest BCUT2D eigenvalue weighted by Gasteiger charge is 2.17. The largest absolute Gasteiger partial charge is 0.492 e. The van der Waals surface area contributed by atoms with Gasteiger partial charge in [0.1, 0.15) is 12.4 Å². The number of likely N-dealkylation sites (tertiary alicyclic amines) is 1. The summed E-state index contributed by atoms with van der Waals surface area (Å²) in [6.45, 7) is 6.21. The van der Waals surface area contributed by atoms with E-state index in [4.69, 9.17) is 9.84 Å². The van der Waals surface area contributed by atoms with Gasteiger partial charge in [-0.15, -0.1) is 0 Å². The molecule has 0 saturated carbocycles. The maximum atomic E-state index is 10.8. The fraction of sp³-hybridized carbons (Fsp3) is 0.588. The van der Waals surface area contributed by atoms with Gasteiger partial charge in [-0.05, 0) is 56.1 Å². The number of carboxylic acid groups (broad SMARTS) is 1. The average molecular weight is 291 g/mol. The number of hydrogen-bond donors (Lipinski definition) is 1. The van der Waals surface area contributed by atoms with Crippen LogP contribution in [0.25, 0.3) is 0 Å². The number of nitrogens with zero attached hydrogens (tertiary/aromatic N) is 1. The van der Waals surface area contributed by atoms with Gasteiger partial charge in [0.2, 0.25) is 0 Å². The minimum absolute atomic E-state index is 0.292. The first kappa shape index (κ1) is 15.8. The molecule has 1 fully saturated rings. The second-order valence-corrected chi connectivity index (χ2v) is 5.75. The molecule has 0 aliphatic carbocycles. The van der Waals surface area contributed by atoms with Gasteiger partial charge in [0.05, 0.1) is 5.56 Å². The lowest BCUT2D eigenvalue weighted by Crippen LogP contribution is -2.36. The highest BCUT2D eigenvalue weighted by atomic mass is 16.5. The Kier molecular flexibility index (Phi) is 6.05. The minimum atomic E-state index is -0.906. The smallest absolute Gasteiger partial charge is 0.335 e. The second kappa shape index (κ2) is 8.03. The molecule has 1 N–H and O–H groups in total. The lowest BCUT2D eigenvalue weighted by molar-refractivity contribution is 0.0697. The van der Waals surface area contributed by atoms with Crippen LogP contribution in [-0.4, -0.2) is 42.2 Å². The number of carboxylic acids is 1. The van der Waals surface area contributed by atoms with Crippen molar-refractivity contribution >= 4 is 5.97 Å². The van der Waals surface area contributed by atoms with E-state index in [9.17, 15) is 4.79 Å². The molecule has 4 nitrogen and oxygen atoms in total. The number of ether oxygens (including phenoxy) is 1. The fourth-order valence-corrected chi connectivity index (χ4v) is 2.89. The van der Waals surface area contributed by atoms with Crippen molar-refractivity contribution in [2.75, 3.05) is 26.2 Å². The summed E-state index contributed by atoms with van der Waals surface area (Å²) in [5, 5.41) is 8.83. The maximum Gasteiger partial charge on any atom is 0.335 e. The Balaban J connectivity index is 1.67. The van der Waals surface area contributed by atoms with Gasteiger partial charge in [0, 0.05) is 6.54 Å². The molecule has 0 amide bonds. The van der Waals surface area contributed by atoms with Gasteiger partial charge >= 0.3 is 5.97 Å². The molecule has 0 unspecified atom stereocenters. The molecule has 4 heteroatoms. The van der Waals surface area contributed by atoms with E-state index in [1.165, 1.54) is 38.8 Å². The molecule has 0 bridgehead atoms. The lowest BCUT2D eigenvalue weighted by Gasteiger charge is -2.31. The van der Waals surface area contributed by atoms with Gasteiger partial charge in [-0.2, -0.15) is 0 Å². The summed E-state index contributed by atoms with van der Waals surface area (Å²) in [5.74, 6) is 0.744. The molecule has 1 heterocycles. The van der Waals surface area contributed by atoms with E-state index in [2.05, 4.69) is 11.8 Å². The zero-order chi connectivity index (χ0) is 15.1. The first-order chi connectivity index (χ1) is 10.2. The third-order valence-corrected chi connectivity index (χ3v) is 4.18. The topological polar surface area (TPSA) is 49.8 Å². The Morgan fingerprint density at radius 1 is 1.29 bits per heavy atom. The first-order valence-corrected chi connectivity index (χ1v) is 7.87. The zero-order valence-electron chi connectivity index (χ0n) is 12.8. The van der Waals surface area contributed by atoms with Crippen molar-refractivity contribution in [3.63, 3.8) is 0 Å². The van der Waals surface area contributed by atoms with Gasteiger partial charge < -0.3 is 9.84 Å². The van der Waals surface area contributed by atoms with E-state index in [-0.39, 0.29) is 0 Å². The van der Waals surface area contributed by atoms with Gasteiger partial charge in [-0.25, -0.2) is 4.79 Å². The minimum Gasteiger partial charge on any atom is -0.492 e. The van der Waals surface area contributed by atoms with Crippen molar-refractivity contribution in [2.45, 2.75) is 32.6 Å². The molecule has 0 atom stereocenters. The van der Waals surface area contributed by atoms with E-state index in [0.717, 1.165) is 18.2 Å². The summed E-state index contributed by atoms with van der Waals surface area (Å²) in [5.41, 5.74) is 0.292. The summed E-state index contributed by atoms with van der Waals surface area (Å²) in [7, 11) is 0. The molecule has 1 aromatic rings. The van der Waals surface area contributed by atoms with Gasteiger partial charge in [0.15, 0.2) is 0 Å². The Labute approximate surface area is 126 Å². The molecule has 1 aliphatic heterocycles. The molecule has 1 aliphatic rings. The standard InChI is InChI=1S/C17H25NO3/c1-2-3-14-8-10-18(11-9-14)12-13-21-16-6-4-15(5-7-16)17(19)20/h4-7,14H,2-3,8-13H2,1H3,(H,19,20). The molecule has 0 radical (unpaired) electrons. The Bertz CT molecular complexity index is 436. The number of rotatable bonds is 7. The van der Waals surface area contributed by atoms with Gasteiger partial charge in [0.25, 0.3) is 0 Å². The summed E-state index contributed by atoms with van der Waals surface area (Å²) < 4.78 is 5.68. The number of hydrogen-bond acceptors (Lipinski definition) is 3. The molecule has 1 saturated heterocycles. The summed E-state index contributed by atoms with van der Waals surface area (Å²) >= 11 is 0. The number of piperidine rings is 1. The highest BCUT2D eigenvalue weighted by molar-refractivity contribution is 5.87. The third-order valence-electron chi connectivity index (χ3n) is 4.18. The molecule has 1 aromatic carbocycles. The Hall–Kier alpha value is -1.55. The van der Waals surface area contributed by atoms with Crippen molar-refractivity contribution in [2.24, 2.45) is 5.92 Å². The van der Waals surface area contributed by atoms with Crippen LogP contribution in [0.5, 0.6) is 5.75 Å². The van der Waals surface area contributed by atoms with Crippen molar-refractivity contribution in [1.29, 1.82) is 0 Å². The quantitative estimate of drug-likeness (QED) is 0.837. The maximum absolute atomic E-state index is 10.8. The fourth-order valence-electron chi connectivity index (χ4n) is 2.89. The average Bonchev–Trinajstić information content (AvgIpc) is 2.50. The van der Waals surface area contributed by atoms with Crippen LogP contribution in [-0.2, 0) is 0 Å². The number of carbonyl (C=O) groups is 1. The molecule has 0 aromatic heterocycles. The molecular weight excluding hydrogens is 266 g/mol. The van der Waals surface area contributed by atoms with Crippen LogP contribution < -0.4 is 4.74 Å². The Morgan fingerprint density at radius 2 is 1.95 bits per heavy atom. The van der Waals surface area contributed by atoms with Gasteiger partial charge in [-0.1, -0.05) is 19.8 Å². The number of benzene rings is 1. The monoisotopic (exact) mass is 291 g/mol. The normalized spacial score (nSPS) is 16.8. The van der Waals surface area contributed by atoms with E-state index < -0.39 is 5.97 Å². The van der Waals surface area contributed by atoms with E-state index in [1.54, 1.807) is 24.3 Å². The molecular formula is C17H25NO3. The number of aromatic carboxylic acids is 1. The SMILES string of the molecule is CCCC1CCN(CCOc2ccc(C(=O)O)cc2)CC1. The summed E-state index contributed by atoms with van der Waals surface area (Å²) in [4.78, 5) is 13.2. The molecule has 21 heavy (non-hydrogen) atoms. The van der Waals surface area contributed by atoms with E-state index in [1.807, 2.05) is 0 Å². The van der Waals surface area contributed by atoms with Crippen LogP contribution in [0, 0.1) is 5.92 Å². The van der Waals surface area contributed by atoms with Crippen molar-refractivity contribution in [3.8, 4) is 5.75 Å². The Morgan fingerprint density at radius 3 is 2.52 bits per heavy atom. The molecule has 2 rings (SSSR count). The van der Waals surface area contributed by atoms with Gasteiger partial charge in [-0.3, -0.25) is 4.90 Å². The van der Waals surface area contributed by atoms with Crippen molar-refractivity contribution in [3.05, 3.63) is 29.8 Å². The third kappa shape index (κ3) is 5.05. The summed E-state index contributed by atoms with van der Waals surface area (Å²) in [6, 6.07) is 6.59. The van der Waals surface area contributed by atoms with Crippen molar-refractivity contribution in [1.82, 2.24) is 4.90 Å². The molecule has 0 spiro atoms. The van der Waals surface area contributed by atoms with Crippen LogP contribution >= 0.6 is 0 Å². The van der Waals surface area contributed by atoms with Crippen LogP contribution in [0.1, 0.15) is 43.0 Å².